The number of rotatable bonds is 4. The Labute approximate surface area is 163 Å². The molecule has 2 N–H and O–H groups in total. The molecule has 0 fully saturated rings. The Morgan fingerprint density at radius 3 is 2.67 bits per heavy atom. The lowest BCUT2D eigenvalue weighted by atomic mass is 10.2. The van der Waals surface area contributed by atoms with E-state index < -0.39 is 11.8 Å². The molecule has 0 saturated heterocycles. The molecule has 0 saturated carbocycles. The van der Waals surface area contributed by atoms with E-state index >= 15 is 0 Å². The summed E-state index contributed by atoms with van der Waals surface area (Å²) in [4.78, 5) is 24.0. The number of carbonyl (C=O) groups is 2. The number of methoxy groups -OCH3 is 1. The normalized spacial score (nSPS) is 12.1. The van der Waals surface area contributed by atoms with Gasteiger partial charge in [0, 0.05) is 10.0 Å². The zero-order valence-electron chi connectivity index (χ0n) is 14.5. The van der Waals surface area contributed by atoms with Gasteiger partial charge in [-0.3, -0.25) is 9.59 Å². The molecule has 1 heterocycles. The van der Waals surface area contributed by atoms with Crippen molar-refractivity contribution in [2.75, 3.05) is 19.2 Å². The molecule has 9 heteroatoms. The highest BCUT2D eigenvalue weighted by molar-refractivity contribution is 9.10. The first-order valence-corrected chi connectivity index (χ1v) is 8.65. The Hall–Kier alpha value is -3.07. The van der Waals surface area contributed by atoms with E-state index in [-0.39, 0.29) is 6.79 Å². The number of fused-ring (bicyclic) bond motifs is 1. The molecule has 2 aromatic rings. The van der Waals surface area contributed by atoms with Crippen LogP contribution < -0.4 is 25.0 Å². The number of amides is 2. The van der Waals surface area contributed by atoms with E-state index in [1.165, 1.54) is 13.3 Å². The van der Waals surface area contributed by atoms with Crippen molar-refractivity contribution >= 4 is 39.6 Å². The van der Waals surface area contributed by atoms with Crippen molar-refractivity contribution in [3.8, 4) is 17.2 Å². The highest BCUT2D eigenvalue weighted by atomic mass is 79.9. The number of hydrogen-bond donors (Lipinski definition) is 2. The third kappa shape index (κ3) is 4.37. The Morgan fingerprint density at radius 1 is 1.19 bits per heavy atom. The quantitative estimate of drug-likeness (QED) is 0.438. The number of aryl methyl sites for hydroxylation is 1. The van der Waals surface area contributed by atoms with Gasteiger partial charge in [-0.2, -0.15) is 5.10 Å². The van der Waals surface area contributed by atoms with Crippen molar-refractivity contribution < 1.29 is 23.8 Å². The maximum Gasteiger partial charge on any atom is 0.329 e. The smallest absolute Gasteiger partial charge is 0.329 e. The number of halogens is 1. The third-order valence-corrected chi connectivity index (χ3v) is 4.36. The van der Waals surface area contributed by atoms with Gasteiger partial charge in [0.05, 0.1) is 19.0 Å². The van der Waals surface area contributed by atoms with Crippen LogP contribution in [-0.2, 0) is 9.59 Å². The minimum Gasteiger partial charge on any atom is -0.495 e. The second kappa shape index (κ2) is 8.09. The molecule has 0 unspecified atom stereocenters. The fraction of sp³-hybridized carbons (Fsp3) is 0.167. The van der Waals surface area contributed by atoms with Crippen LogP contribution in [-0.4, -0.2) is 31.9 Å². The maximum absolute atomic E-state index is 12.1. The zero-order valence-corrected chi connectivity index (χ0v) is 16.1. The van der Waals surface area contributed by atoms with E-state index in [0.717, 1.165) is 5.56 Å². The fourth-order valence-corrected chi connectivity index (χ4v) is 2.77. The van der Waals surface area contributed by atoms with E-state index in [1.807, 2.05) is 13.0 Å². The van der Waals surface area contributed by atoms with Crippen LogP contribution in [0.3, 0.4) is 0 Å². The molecule has 0 radical (unpaired) electrons. The van der Waals surface area contributed by atoms with Crippen LogP contribution in [0.1, 0.15) is 11.1 Å². The molecule has 3 rings (SSSR count). The molecule has 0 aromatic heterocycles. The van der Waals surface area contributed by atoms with Crippen LogP contribution in [0.2, 0.25) is 0 Å². The summed E-state index contributed by atoms with van der Waals surface area (Å²) in [6.07, 6.45) is 1.39. The summed E-state index contributed by atoms with van der Waals surface area (Å²) in [5, 5.41) is 6.31. The van der Waals surface area contributed by atoms with Crippen molar-refractivity contribution in [3.05, 3.63) is 45.9 Å². The van der Waals surface area contributed by atoms with Crippen LogP contribution in [0.25, 0.3) is 0 Å². The first-order chi connectivity index (χ1) is 13.0. The summed E-state index contributed by atoms with van der Waals surface area (Å²) in [5.41, 5.74) is 4.15. The molecule has 140 valence electrons. The van der Waals surface area contributed by atoms with Gasteiger partial charge < -0.3 is 19.5 Å². The standard InChI is InChI=1S/C18H16BrN3O5/c1-10-3-4-14(25-2)13(5-10)21-17(23)18(24)22-20-8-11-6-15-16(7-12(11)19)27-9-26-15/h3-8H,9H2,1-2H3,(H,21,23)(H,22,24)/b20-8-. The van der Waals surface area contributed by atoms with Gasteiger partial charge in [0.1, 0.15) is 5.75 Å². The Balaban J connectivity index is 1.63. The summed E-state index contributed by atoms with van der Waals surface area (Å²) < 4.78 is 16.4. The molecule has 0 spiro atoms. The molecular formula is C18H16BrN3O5. The van der Waals surface area contributed by atoms with Gasteiger partial charge >= 0.3 is 11.8 Å². The highest BCUT2D eigenvalue weighted by Gasteiger charge is 2.17. The molecule has 2 aromatic carbocycles. The van der Waals surface area contributed by atoms with Crippen LogP contribution >= 0.6 is 15.9 Å². The minimum atomic E-state index is -0.910. The summed E-state index contributed by atoms with van der Waals surface area (Å²) in [6, 6.07) is 8.69. The van der Waals surface area contributed by atoms with Crippen molar-refractivity contribution in [1.82, 2.24) is 5.43 Å². The topological polar surface area (TPSA) is 98.2 Å². The first-order valence-electron chi connectivity index (χ1n) is 7.86. The molecule has 0 aliphatic carbocycles. The van der Waals surface area contributed by atoms with Crippen molar-refractivity contribution in [3.63, 3.8) is 0 Å². The van der Waals surface area contributed by atoms with Crippen LogP contribution in [0.15, 0.2) is 39.9 Å². The lowest BCUT2D eigenvalue weighted by molar-refractivity contribution is -0.136. The number of hydrazone groups is 1. The van der Waals surface area contributed by atoms with Gasteiger partial charge in [-0.05, 0) is 52.7 Å². The summed E-state index contributed by atoms with van der Waals surface area (Å²) in [6.45, 7) is 2.02. The monoisotopic (exact) mass is 433 g/mol. The second-order valence-electron chi connectivity index (χ2n) is 5.58. The highest BCUT2D eigenvalue weighted by Crippen LogP contribution is 2.36. The van der Waals surface area contributed by atoms with E-state index in [0.29, 0.717) is 33.0 Å². The molecule has 1 aliphatic rings. The Morgan fingerprint density at radius 2 is 1.93 bits per heavy atom. The van der Waals surface area contributed by atoms with Crippen LogP contribution in [0.5, 0.6) is 17.2 Å². The SMILES string of the molecule is COc1ccc(C)cc1NC(=O)C(=O)N/N=C\c1cc2c(cc1Br)OCO2. The summed E-state index contributed by atoms with van der Waals surface area (Å²) >= 11 is 3.38. The van der Waals surface area contributed by atoms with Crippen molar-refractivity contribution in [2.24, 2.45) is 5.10 Å². The van der Waals surface area contributed by atoms with Gasteiger partial charge in [-0.1, -0.05) is 6.07 Å². The minimum absolute atomic E-state index is 0.154. The molecule has 0 bridgehead atoms. The summed E-state index contributed by atoms with van der Waals surface area (Å²) in [5.74, 6) is -0.119. The van der Waals surface area contributed by atoms with Gasteiger partial charge in [0.2, 0.25) is 6.79 Å². The average molecular weight is 434 g/mol. The number of benzene rings is 2. The Kier molecular flexibility index (Phi) is 5.60. The third-order valence-electron chi connectivity index (χ3n) is 3.67. The second-order valence-corrected chi connectivity index (χ2v) is 6.44. The van der Waals surface area contributed by atoms with E-state index in [4.69, 9.17) is 14.2 Å². The zero-order chi connectivity index (χ0) is 19.4. The maximum atomic E-state index is 12.1. The van der Waals surface area contributed by atoms with Gasteiger partial charge in [0.25, 0.3) is 0 Å². The molecule has 8 nitrogen and oxygen atoms in total. The Bertz CT molecular complexity index is 929. The van der Waals surface area contributed by atoms with Crippen LogP contribution in [0, 0.1) is 6.92 Å². The van der Waals surface area contributed by atoms with E-state index in [9.17, 15) is 9.59 Å². The number of nitrogens with zero attached hydrogens (tertiary/aromatic N) is 1. The van der Waals surface area contributed by atoms with Crippen LogP contribution in [0.4, 0.5) is 5.69 Å². The molecular weight excluding hydrogens is 418 g/mol. The lowest BCUT2D eigenvalue weighted by Crippen LogP contribution is -2.32. The van der Waals surface area contributed by atoms with E-state index in [1.54, 1.807) is 24.3 Å². The molecule has 0 atom stereocenters. The van der Waals surface area contributed by atoms with Crippen molar-refractivity contribution in [2.45, 2.75) is 6.92 Å². The molecule has 27 heavy (non-hydrogen) atoms. The number of nitrogens with one attached hydrogen (secondary N) is 2. The summed E-state index contributed by atoms with van der Waals surface area (Å²) in [7, 11) is 1.48. The first kappa shape index (κ1) is 18.7. The van der Waals surface area contributed by atoms with Gasteiger partial charge in [0.15, 0.2) is 11.5 Å². The number of carbonyl (C=O) groups excluding carboxylic acids is 2. The number of hydrogen-bond acceptors (Lipinski definition) is 6. The number of ether oxygens (including phenoxy) is 3. The average Bonchev–Trinajstić information content (AvgIpc) is 3.09. The predicted molar refractivity (Wildman–Crippen MR) is 102 cm³/mol. The largest absolute Gasteiger partial charge is 0.495 e. The molecule has 1 aliphatic heterocycles. The van der Waals surface area contributed by atoms with Crippen molar-refractivity contribution in [1.29, 1.82) is 0 Å². The molecule has 2 amide bonds. The van der Waals surface area contributed by atoms with Gasteiger partial charge in [-0.25, -0.2) is 5.43 Å². The van der Waals surface area contributed by atoms with E-state index in [2.05, 4.69) is 31.8 Å². The fourth-order valence-electron chi connectivity index (χ4n) is 2.34. The number of anilines is 1. The predicted octanol–water partition coefficient (Wildman–Crippen LogP) is 2.58. The van der Waals surface area contributed by atoms with Gasteiger partial charge in [-0.15, -0.1) is 0 Å². The lowest BCUT2D eigenvalue weighted by Gasteiger charge is -2.10.